The van der Waals surface area contributed by atoms with Crippen molar-refractivity contribution in [3.8, 4) is 5.75 Å². The van der Waals surface area contributed by atoms with Gasteiger partial charge in [-0.1, -0.05) is 31.0 Å². The molecule has 2 saturated carbocycles. The lowest BCUT2D eigenvalue weighted by Gasteiger charge is -2.36. The SMILES string of the molecule is O[C@@H]1C[C@H]2CNC[C@H]2C[C@H]1Oc1ccccc1C1CCCC1. The molecule has 0 unspecified atom stereocenters. The first-order chi connectivity index (χ1) is 10.8. The van der Waals surface area contributed by atoms with Crippen molar-refractivity contribution < 1.29 is 9.84 Å². The quantitative estimate of drug-likeness (QED) is 0.901. The van der Waals surface area contributed by atoms with Crippen LogP contribution in [0.4, 0.5) is 0 Å². The van der Waals surface area contributed by atoms with Crippen molar-refractivity contribution in [2.45, 2.75) is 56.7 Å². The molecule has 1 aromatic rings. The molecule has 4 rings (SSSR count). The number of fused-ring (bicyclic) bond motifs is 1. The van der Waals surface area contributed by atoms with Crippen molar-refractivity contribution in [1.29, 1.82) is 0 Å². The van der Waals surface area contributed by atoms with Gasteiger partial charge in [0.25, 0.3) is 0 Å². The van der Waals surface area contributed by atoms with Gasteiger partial charge in [0.05, 0.1) is 6.10 Å². The second-order valence-corrected chi connectivity index (χ2v) is 7.39. The van der Waals surface area contributed by atoms with Gasteiger partial charge in [-0.15, -0.1) is 0 Å². The predicted octanol–water partition coefficient (Wildman–Crippen LogP) is 3.08. The van der Waals surface area contributed by atoms with E-state index in [4.69, 9.17) is 4.74 Å². The fourth-order valence-corrected chi connectivity index (χ4v) is 4.71. The van der Waals surface area contributed by atoms with E-state index in [1.165, 1.54) is 31.2 Å². The average molecular weight is 301 g/mol. The largest absolute Gasteiger partial charge is 0.487 e. The molecule has 4 atom stereocenters. The number of hydrogen-bond donors (Lipinski definition) is 2. The van der Waals surface area contributed by atoms with Gasteiger partial charge < -0.3 is 15.2 Å². The maximum Gasteiger partial charge on any atom is 0.125 e. The van der Waals surface area contributed by atoms with Gasteiger partial charge in [0.2, 0.25) is 0 Å². The molecule has 0 amide bonds. The van der Waals surface area contributed by atoms with Crippen molar-refractivity contribution >= 4 is 0 Å². The number of para-hydroxylation sites is 1. The van der Waals surface area contributed by atoms with Crippen LogP contribution in [0.5, 0.6) is 5.75 Å². The Morgan fingerprint density at radius 1 is 1.00 bits per heavy atom. The van der Waals surface area contributed by atoms with Gasteiger partial charge in [-0.3, -0.25) is 0 Å². The van der Waals surface area contributed by atoms with E-state index in [1.807, 2.05) is 0 Å². The standard InChI is InChI=1S/C19H27NO2/c21-17-9-14-11-20-12-15(14)10-19(17)22-18-8-4-3-7-16(18)13-5-1-2-6-13/h3-4,7-8,13-15,17,19-21H,1-2,5-6,9-12H2/t14-,15+,17+,19+/m0/s1. The van der Waals surface area contributed by atoms with E-state index in [9.17, 15) is 5.11 Å². The summed E-state index contributed by atoms with van der Waals surface area (Å²) in [5.41, 5.74) is 1.36. The minimum atomic E-state index is -0.321. The summed E-state index contributed by atoms with van der Waals surface area (Å²) in [5.74, 6) is 2.98. The minimum Gasteiger partial charge on any atom is -0.487 e. The molecule has 0 bridgehead atoms. The third-order valence-electron chi connectivity index (χ3n) is 5.98. The smallest absolute Gasteiger partial charge is 0.125 e. The van der Waals surface area contributed by atoms with E-state index in [0.29, 0.717) is 17.8 Å². The topological polar surface area (TPSA) is 41.5 Å². The Labute approximate surface area is 133 Å². The summed E-state index contributed by atoms with van der Waals surface area (Å²) in [5, 5.41) is 13.9. The van der Waals surface area contributed by atoms with Gasteiger partial charge in [0, 0.05) is 0 Å². The highest BCUT2D eigenvalue weighted by Gasteiger charge is 2.40. The van der Waals surface area contributed by atoms with Gasteiger partial charge in [0.1, 0.15) is 11.9 Å². The summed E-state index contributed by atoms with van der Waals surface area (Å²) in [6, 6.07) is 8.50. The lowest BCUT2D eigenvalue weighted by molar-refractivity contribution is -0.0236. The van der Waals surface area contributed by atoms with Crippen molar-refractivity contribution in [1.82, 2.24) is 5.32 Å². The van der Waals surface area contributed by atoms with E-state index in [-0.39, 0.29) is 12.2 Å². The molecular formula is C19H27NO2. The van der Waals surface area contributed by atoms with Gasteiger partial charge in [-0.05, 0) is 68.2 Å². The Balaban J connectivity index is 1.50. The third-order valence-corrected chi connectivity index (χ3v) is 5.98. The fraction of sp³-hybridized carbons (Fsp3) is 0.684. The normalized spacial score (nSPS) is 35.5. The molecule has 1 heterocycles. The van der Waals surface area contributed by atoms with E-state index >= 15 is 0 Å². The first-order valence-corrected chi connectivity index (χ1v) is 8.95. The molecule has 2 N–H and O–H groups in total. The van der Waals surface area contributed by atoms with Crippen LogP contribution in [-0.2, 0) is 0 Å². The summed E-state index contributed by atoms with van der Waals surface area (Å²) in [6.07, 6.45) is 6.73. The maximum atomic E-state index is 10.5. The number of aliphatic hydroxyl groups is 1. The molecule has 3 aliphatic rings. The van der Waals surface area contributed by atoms with Crippen LogP contribution in [0.3, 0.4) is 0 Å². The fourth-order valence-electron chi connectivity index (χ4n) is 4.71. The lowest BCUT2D eigenvalue weighted by Crippen LogP contribution is -2.42. The van der Waals surface area contributed by atoms with E-state index in [2.05, 4.69) is 29.6 Å². The summed E-state index contributed by atoms with van der Waals surface area (Å²) in [6.45, 7) is 2.15. The van der Waals surface area contributed by atoms with Crippen molar-refractivity contribution in [3.63, 3.8) is 0 Å². The Morgan fingerprint density at radius 2 is 1.73 bits per heavy atom. The second-order valence-electron chi connectivity index (χ2n) is 7.39. The number of rotatable bonds is 3. The molecule has 0 spiro atoms. The third kappa shape index (κ3) is 2.77. The monoisotopic (exact) mass is 301 g/mol. The summed E-state index contributed by atoms with van der Waals surface area (Å²) < 4.78 is 6.34. The van der Waals surface area contributed by atoms with Crippen LogP contribution < -0.4 is 10.1 Å². The zero-order valence-corrected chi connectivity index (χ0v) is 13.2. The Kier molecular flexibility index (Phi) is 4.10. The van der Waals surface area contributed by atoms with Crippen LogP contribution in [0.25, 0.3) is 0 Å². The Morgan fingerprint density at radius 3 is 2.55 bits per heavy atom. The predicted molar refractivity (Wildman–Crippen MR) is 87.2 cm³/mol. The van der Waals surface area contributed by atoms with E-state index in [1.54, 1.807) is 0 Å². The zero-order chi connectivity index (χ0) is 14.9. The van der Waals surface area contributed by atoms with Crippen molar-refractivity contribution in [2.75, 3.05) is 13.1 Å². The van der Waals surface area contributed by atoms with Gasteiger partial charge in [0.15, 0.2) is 0 Å². The van der Waals surface area contributed by atoms with Crippen LogP contribution in [0, 0.1) is 11.8 Å². The van der Waals surface area contributed by atoms with E-state index < -0.39 is 0 Å². The summed E-state index contributed by atoms with van der Waals surface area (Å²) in [4.78, 5) is 0. The lowest BCUT2D eigenvalue weighted by atomic mass is 9.78. The molecule has 3 nitrogen and oxygen atoms in total. The number of hydrogen-bond acceptors (Lipinski definition) is 3. The molecule has 3 fully saturated rings. The minimum absolute atomic E-state index is 0.0382. The Hall–Kier alpha value is -1.06. The van der Waals surface area contributed by atoms with Gasteiger partial charge in [-0.2, -0.15) is 0 Å². The molecule has 3 heteroatoms. The number of aliphatic hydroxyl groups excluding tert-OH is 1. The highest BCUT2D eigenvalue weighted by molar-refractivity contribution is 5.37. The molecule has 1 saturated heterocycles. The Bertz CT molecular complexity index is 512. The van der Waals surface area contributed by atoms with Crippen LogP contribution >= 0.6 is 0 Å². The highest BCUT2D eigenvalue weighted by atomic mass is 16.5. The molecule has 0 radical (unpaired) electrons. The van der Waals surface area contributed by atoms with Crippen molar-refractivity contribution in [3.05, 3.63) is 29.8 Å². The van der Waals surface area contributed by atoms with Crippen LogP contribution in [-0.4, -0.2) is 30.4 Å². The average Bonchev–Trinajstić information content (AvgIpc) is 3.19. The highest BCUT2D eigenvalue weighted by Crippen LogP contribution is 2.40. The van der Waals surface area contributed by atoms with Crippen LogP contribution in [0.15, 0.2) is 24.3 Å². The first kappa shape index (κ1) is 14.5. The van der Waals surface area contributed by atoms with Gasteiger partial charge in [-0.25, -0.2) is 0 Å². The molecular weight excluding hydrogens is 274 g/mol. The molecule has 1 aliphatic heterocycles. The zero-order valence-electron chi connectivity index (χ0n) is 13.2. The number of ether oxygens (including phenoxy) is 1. The van der Waals surface area contributed by atoms with E-state index in [0.717, 1.165) is 31.7 Å². The number of nitrogens with one attached hydrogen (secondary N) is 1. The second kappa shape index (κ2) is 6.21. The number of benzene rings is 1. The molecule has 1 aromatic carbocycles. The first-order valence-electron chi connectivity index (χ1n) is 8.95. The maximum absolute atomic E-state index is 10.5. The molecule has 0 aromatic heterocycles. The summed E-state index contributed by atoms with van der Waals surface area (Å²) >= 11 is 0. The van der Waals surface area contributed by atoms with Crippen LogP contribution in [0.2, 0.25) is 0 Å². The van der Waals surface area contributed by atoms with Gasteiger partial charge >= 0.3 is 0 Å². The summed E-state index contributed by atoms with van der Waals surface area (Å²) in [7, 11) is 0. The molecule has 2 aliphatic carbocycles. The van der Waals surface area contributed by atoms with Crippen LogP contribution in [0.1, 0.15) is 50.0 Å². The molecule has 22 heavy (non-hydrogen) atoms. The molecule has 120 valence electrons. The van der Waals surface area contributed by atoms with Crippen molar-refractivity contribution in [2.24, 2.45) is 11.8 Å².